The zero-order valence-corrected chi connectivity index (χ0v) is 12.0. The number of rotatable bonds is 3. The summed E-state index contributed by atoms with van der Waals surface area (Å²) >= 11 is 0. The van der Waals surface area contributed by atoms with Gasteiger partial charge in [0.15, 0.2) is 0 Å². The van der Waals surface area contributed by atoms with E-state index in [1.807, 2.05) is 0 Å². The van der Waals surface area contributed by atoms with Crippen molar-refractivity contribution in [3.8, 4) is 0 Å². The van der Waals surface area contributed by atoms with Gasteiger partial charge >= 0.3 is 0 Å². The average molecular weight is 291 g/mol. The molecule has 21 heavy (non-hydrogen) atoms. The molecule has 1 saturated heterocycles. The molecule has 2 heterocycles. The van der Waals surface area contributed by atoms with Gasteiger partial charge in [0.2, 0.25) is 17.8 Å². The summed E-state index contributed by atoms with van der Waals surface area (Å²) in [5, 5.41) is 8.99. The summed E-state index contributed by atoms with van der Waals surface area (Å²) in [6.07, 6.45) is 8.34. The Bertz CT molecular complexity index is 495. The second kappa shape index (κ2) is 6.24. The van der Waals surface area contributed by atoms with E-state index in [4.69, 9.17) is 0 Å². The van der Waals surface area contributed by atoms with Crippen LogP contribution in [0.25, 0.3) is 0 Å². The molecule has 3 rings (SSSR count). The Kier molecular flexibility index (Phi) is 4.17. The third-order valence-electron chi connectivity index (χ3n) is 4.45. The molecular formula is C14H21N5O2. The highest BCUT2D eigenvalue weighted by Gasteiger charge is 2.37. The maximum Gasteiger partial charge on any atom is 0.249 e. The second-order valence-electron chi connectivity index (χ2n) is 5.85. The molecule has 2 fully saturated rings. The minimum absolute atomic E-state index is 0.109. The topological polar surface area (TPSA) is 91.0 Å². The molecule has 0 bridgehead atoms. The highest BCUT2D eigenvalue weighted by molar-refractivity contribution is 5.96. The van der Waals surface area contributed by atoms with Gasteiger partial charge in [-0.05, 0) is 25.7 Å². The zero-order chi connectivity index (χ0) is 14.7. The summed E-state index contributed by atoms with van der Waals surface area (Å²) in [5.41, 5.74) is 0. The Morgan fingerprint density at radius 1 is 1.19 bits per heavy atom. The maximum atomic E-state index is 12.6. The molecule has 1 aromatic rings. The standard InChI is InChI=1S/C14H21N5O2/c20-12(17-14-15-9-16-18-14)11-7-4-8-19(11)13(21)10-5-2-1-3-6-10/h9-11H,1-8H2,(H2,15,16,17,18,20). The molecule has 0 aromatic carbocycles. The molecule has 2 N–H and O–H groups in total. The van der Waals surface area contributed by atoms with Gasteiger partial charge in [-0.15, -0.1) is 0 Å². The number of likely N-dealkylation sites (tertiary alicyclic amines) is 1. The summed E-state index contributed by atoms with van der Waals surface area (Å²) in [6.45, 7) is 0.684. The summed E-state index contributed by atoms with van der Waals surface area (Å²) in [6, 6.07) is -0.371. The molecule has 0 spiro atoms. The van der Waals surface area contributed by atoms with Crippen molar-refractivity contribution in [3.63, 3.8) is 0 Å². The van der Waals surface area contributed by atoms with Crippen LogP contribution in [0.15, 0.2) is 6.33 Å². The van der Waals surface area contributed by atoms with Gasteiger partial charge in [-0.3, -0.25) is 14.9 Å². The van der Waals surface area contributed by atoms with Gasteiger partial charge in [0.25, 0.3) is 0 Å². The fraction of sp³-hybridized carbons (Fsp3) is 0.714. The second-order valence-corrected chi connectivity index (χ2v) is 5.85. The summed E-state index contributed by atoms with van der Waals surface area (Å²) < 4.78 is 0. The van der Waals surface area contributed by atoms with Crippen LogP contribution in [-0.4, -0.2) is 44.5 Å². The molecule has 1 atom stereocenters. The van der Waals surface area contributed by atoms with Crippen molar-refractivity contribution < 1.29 is 9.59 Å². The monoisotopic (exact) mass is 291 g/mol. The fourth-order valence-corrected chi connectivity index (χ4v) is 3.35. The van der Waals surface area contributed by atoms with Crippen LogP contribution in [0.1, 0.15) is 44.9 Å². The van der Waals surface area contributed by atoms with Crippen molar-refractivity contribution in [2.45, 2.75) is 51.0 Å². The van der Waals surface area contributed by atoms with E-state index in [2.05, 4.69) is 20.5 Å². The average Bonchev–Trinajstić information content (AvgIpc) is 3.18. The van der Waals surface area contributed by atoms with E-state index in [0.717, 1.165) is 38.5 Å². The first-order chi connectivity index (χ1) is 10.3. The van der Waals surface area contributed by atoms with Crippen LogP contribution in [0.4, 0.5) is 5.95 Å². The lowest BCUT2D eigenvalue weighted by Gasteiger charge is -2.29. The number of aromatic amines is 1. The van der Waals surface area contributed by atoms with Crippen LogP contribution in [0.3, 0.4) is 0 Å². The molecular weight excluding hydrogens is 270 g/mol. The number of aromatic nitrogens is 3. The highest BCUT2D eigenvalue weighted by atomic mass is 16.2. The molecule has 1 aromatic heterocycles. The first-order valence-electron chi connectivity index (χ1n) is 7.72. The van der Waals surface area contributed by atoms with Gasteiger partial charge in [-0.25, -0.2) is 5.10 Å². The largest absolute Gasteiger partial charge is 0.330 e. The maximum absolute atomic E-state index is 12.6. The first-order valence-corrected chi connectivity index (χ1v) is 7.72. The number of carbonyl (C=O) groups excluding carboxylic acids is 2. The number of anilines is 1. The van der Waals surface area contributed by atoms with Crippen molar-refractivity contribution >= 4 is 17.8 Å². The van der Waals surface area contributed by atoms with Crippen LogP contribution >= 0.6 is 0 Å². The van der Waals surface area contributed by atoms with E-state index in [1.54, 1.807) is 4.90 Å². The third-order valence-corrected chi connectivity index (χ3v) is 4.45. The van der Waals surface area contributed by atoms with Crippen LogP contribution in [0, 0.1) is 5.92 Å². The molecule has 1 saturated carbocycles. The van der Waals surface area contributed by atoms with Crippen molar-refractivity contribution in [1.82, 2.24) is 20.1 Å². The number of hydrogen-bond donors (Lipinski definition) is 2. The number of carbonyl (C=O) groups is 2. The molecule has 2 aliphatic rings. The molecule has 2 amide bonds. The van der Waals surface area contributed by atoms with Crippen molar-refractivity contribution in [3.05, 3.63) is 6.33 Å². The molecule has 1 aliphatic carbocycles. The number of nitrogens with one attached hydrogen (secondary N) is 2. The van der Waals surface area contributed by atoms with E-state index in [0.29, 0.717) is 12.5 Å². The smallest absolute Gasteiger partial charge is 0.249 e. The van der Waals surface area contributed by atoms with Gasteiger partial charge in [-0.1, -0.05) is 19.3 Å². The Hall–Kier alpha value is -1.92. The van der Waals surface area contributed by atoms with Gasteiger partial charge in [0.05, 0.1) is 0 Å². The molecule has 1 aliphatic heterocycles. The lowest BCUT2D eigenvalue weighted by molar-refractivity contribution is -0.141. The van der Waals surface area contributed by atoms with Crippen molar-refractivity contribution in [1.29, 1.82) is 0 Å². The first kappa shape index (κ1) is 14.0. The number of hydrogen-bond acceptors (Lipinski definition) is 4. The van der Waals surface area contributed by atoms with Gasteiger partial charge in [-0.2, -0.15) is 10.1 Å². The minimum Gasteiger partial charge on any atom is -0.330 e. The fourth-order valence-electron chi connectivity index (χ4n) is 3.35. The Balaban J connectivity index is 1.64. The third kappa shape index (κ3) is 3.06. The van der Waals surface area contributed by atoms with E-state index < -0.39 is 0 Å². The lowest BCUT2D eigenvalue weighted by atomic mass is 9.88. The summed E-state index contributed by atoms with van der Waals surface area (Å²) in [7, 11) is 0. The molecule has 7 heteroatoms. The van der Waals surface area contributed by atoms with Crippen molar-refractivity contribution in [2.75, 3.05) is 11.9 Å². The van der Waals surface area contributed by atoms with Crippen LogP contribution in [0.5, 0.6) is 0 Å². The summed E-state index contributed by atoms with van der Waals surface area (Å²) in [4.78, 5) is 30.6. The Morgan fingerprint density at radius 3 is 2.71 bits per heavy atom. The number of nitrogens with zero attached hydrogens (tertiary/aromatic N) is 3. The van der Waals surface area contributed by atoms with Gasteiger partial charge < -0.3 is 4.90 Å². The number of H-pyrrole nitrogens is 1. The highest BCUT2D eigenvalue weighted by Crippen LogP contribution is 2.29. The number of amides is 2. The Morgan fingerprint density at radius 2 is 2.00 bits per heavy atom. The quantitative estimate of drug-likeness (QED) is 0.878. The normalized spacial score (nSPS) is 23.2. The van der Waals surface area contributed by atoms with E-state index in [-0.39, 0.29) is 23.8 Å². The zero-order valence-electron chi connectivity index (χ0n) is 12.0. The molecule has 1 unspecified atom stereocenters. The van der Waals surface area contributed by atoms with Crippen LogP contribution in [0.2, 0.25) is 0 Å². The van der Waals surface area contributed by atoms with E-state index in [9.17, 15) is 9.59 Å². The van der Waals surface area contributed by atoms with Gasteiger partial charge in [0, 0.05) is 12.5 Å². The van der Waals surface area contributed by atoms with Crippen molar-refractivity contribution in [2.24, 2.45) is 5.92 Å². The lowest BCUT2D eigenvalue weighted by Crippen LogP contribution is -2.46. The summed E-state index contributed by atoms with van der Waals surface area (Å²) in [5.74, 6) is 0.424. The van der Waals surface area contributed by atoms with E-state index in [1.165, 1.54) is 12.7 Å². The molecule has 7 nitrogen and oxygen atoms in total. The molecule has 114 valence electrons. The predicted octanol–water partition coefficient (Wildman–Crippen LogP) is 1.31. The van der Waals surface area contributed by atoms with Gasteiger partial charge in [0.1, 0.15) is 12.4 Å². The predicted molar refractivity (Wildman–Crippen MR) is 76.3 cm³/mol. The van der Waals surface area contributed by atoms with Crippen LogP contribution < -0.4 is 5.32 Å². The van der Waals surface area contributed by atoms with E-state index >= 15 is 0 Å². The Labute approximate surface area is 123 Å². The molecule has 0 radical (unpaired) electrons. The minimum atomic E-state index is -0.371. The SMILES string of the molecule is O=C(Nc1ncn[nH]1)C1CCCN1C(=O)C1CCCCC1. The van der Waals surface area contributed by atoms with Crippen LogP contribution in [-0.2, 0) is 9.59 Å².